The zero-order chi connectivity index (χ0) is 10.6. The van der Waals surface area contributed by atoms with Gasteiger partial charge in [0.25, 0.3) is 0 Å². The molecule has 1 aromatic carbocycles. The van der Waals surface area contributed by atoms with Gasteiger partial charge in [0.15, 0.2) is 5.84 Å². The van der Waals surface area contributed by atoms with E-state index in [1.807, 2.05) is 25.1 Å². The SMILES string of the molecule is Cc1cc(Br)ccc1NC/C(N)=N/O. The van der Waals surface area contributed by atoms with Gasteiger partial charge in [0, 0.05) is 10.2 Å². The number of halogens is 1. The van der Waals surface area contributed by atoms with Gasteiger partial charge in [0.1, 0.15) is 0 Å². The molecule has 14 heavy (non-hydrogen) atoms. The maximum atomic E-state index is 8.34. The van der Waals surface area contributed by atoms with Gasteiger partial charge in [-0.2, -0.15) is 0 Å². The summed E-state index contributed by atoms with van der Waals surface area (Å²) in [6.07, 6.45) is 0. The zero-order valence-corrected chi connectivity index (χ0v) is 9.37. The first-order valence-electron chi connectivity index (χ1n) is 4.10. The fraction of sp³-hybridized carbons (Fsp3) is 0.222. The van der Waals surface area contributed by atoms with E-state index in [1.165, 1.54) is 0 Å². The van der Waals surface area contributed by atoms with Crippen LogP contribution in [-0.4, -0.2) is 17.6 Å². The molecule has 4 N–H and O–H groups in total. The molecule has 76 valence electrons. The van der Waals surface area contributed by atoms with Crippen LogP contribution in [0, 0.1) is 6.92 Å². The minimum atomic E-state index is 0.160. The van der Waals surface area contributed by atoms with Crippen molar-refractivity contribution in [2.45, 2.75) is 6.92 Å². The molecule has 0 spiro atoms. The van der Waals surface area contributed by atoms with Crippen molar-refractivity contribution in [2.24, 2.45) is 10.9 Å². The van der Waals surface area contributed by atoms with Crippen molar-refractivity contribution < 1.29 is 5.21 Å². The highest BCUT2D eigenvalue weighted by Crippen LogP contribution is 2.19. The first-order chi connectivity index (χ1) is 6.63. The molecule has 0 atom stereocenters. The van der Waals surface area contributed by atoms with Crippen LogP contribution >= 0.6 is 15.9 Å². The molecule has 0 fully saturated rings. The Morgan fingerprint density at radius 1 is 1.64 bits per heavy atom. The van der Waals surface area contributed by atoms with Gasteiger partial charge >= 0.3 is 0 Å². The van der Waals surface area contributed by atoms with E-state index < -0.39 is 0 Å². The zero-order valence-electron chi connectivity index (χ0n) is 7.79. The standard InChI is InChI=1S/C9H12BrN3O/c1-6-4-7(10)2-3-8(6)12-5-9(11)13-14/h2-4,12,14H,5H2,1H3,(H2,11,13). The lowest BCUT2D eigenvalue weighted by Crippen LogP contribution is -2.22. The number of amidine groups is 1. The number of hydrogen-bond donors (Lipinski definition) is 3. The molecule has 0 radical (unpaired) electrons. The van der Waals surface area contributed by atoms with Crippen LogP contribution in [0.5, 0.6) is 0 Å². The van der Waals surface area contributed by atoms with E-state index in [9.17, 15) is 0 Å². The highest BCUT2D eigenvalue weighted by Gasteiger charge is 1.99. The quantitative estimate of drug-likeness (QED) is 0.335. The normalized spacial score (nSPS) is 11.4. The Bertz CT molecular complexity index is 352. The van der Waals surface area contributed by atoms with Crippen molar-refractivity contribution in [1.29, 1.82) is 0 Å². The van der Waals surface area contributed by atoms with Crippen LogP contribution < -0.4 is 11.1 Å². The third kappa shape index (κ3) is 2.92. The lowest BCUT2D eigenvalue weighted by atomic mass is 10.2. The van der Waals surface area contributed by atoms with Gasteiger partial charge in [0.05, 0.1) is 6.54 Å². The summed E-state index contributed by atoms with van der Waals surface area (Å²) in [7, 11) is 0. The predicted molar refractivity (Wildman–Crippen MR) is 60.8 cm³/mol. The van der Waals surface area contributed by atoms with Crippen LogP contribution in [0.3, 0.4) is 0 Å². The summed E-state index contributed by atoms with van der Waals surface area (Å²) in [5, 5.41) is 14.3. The number of rotatable bonds is 3. The molecule has 0 aliphatic rings. The van der Waals surface area contributed by atoms with Crippen molar-refractivity contribution in [3.8, 4) is 0 Å². The molecule has 0 amide bonds. The van der Waals surface area contributed by atoms with Crippen molar-refractivity contribution in [1.82, 2.24) is 0 Å². The molecule has 0 saturated heterocycles. The summed E-state index contributed by atoms with van der Waals surface area (Å²) >= 11 is 3.37. The second kappa shape index (κ2) is 4.85. The molecule has 0 saturated carbocycles. The number of hydrogen-bond acceptors (Lipinski definition) is 3. The number of nitrogens with one attached hydrogen (secondary N) is 1. The Morgan fingerprint density at radius 2 is 2.36 bits per heavy atom. The molecule has 0 aliphatic carbocycles. The van der Waals surface area contributed by atoms with Crippen LogP contribution in [0.4, 0.5) is 5.69 Å². The van der Waals surface area contributed by atoms with Gasteiger partial charge in [-0.1, -0.05) is 21.1 Å². The molecule has 0 unspecified atom stereocenters. The number of aryl methyl sites for hydroxylation is 1. The van der Waals surface area contributed by atoms with Gasteiger partial charge in [-0.3, -0.25) is 0 Å². The first-order valence-corrected chi connectivity index (χ1v) is 4.89. The fourth-order valence-electron chi connectivity index (χ4n) is 1.05. The number of anilines is 1. The fourth-order valence-corrected chi connectivity index (χ4v) is 1.52. The van der Waals surface area contributed by atoms with Crippen LogP contribution in [0.2, 0.25) is 0 Å². The van der Waals surface area contributed by atoms with Crippen molar-refractivity contribution in [2.75, 3.05) is 11.9 Å². The molecule has 1 rings (SSSR count). The van der Waals surface area contributed by atoms with E-state index in [2.05, 4.69) is 26.4 Å². The van der Waals surface area contributed by atoms with Crippen molar-refractivity contribution >= 4 is 27.5 Å². The summed E-state index contributed by atoms with van der Waals surface area (Å²) in [5.41, 5.74) is 7.40. The minimum Gasteiger partial charge on any atom is -0.409 e. The van der Waals surface area contributed by atoms with E-state index >= 15 is 0 Å². The monoisotopic (exact) mass is 257 g/mol. The molecule has 1 aromatic rings. The van der Waals surface area contributed by atoms with E-state index in [0.717, 1.165) is 15.7 Å². The molecule has 0 aliphatic heterocycles. The molecular weight excluding hydrogens is 246 g/mol. The average molecular weight is 258 g/mol. The smallest absolute Gasteiger partial charge is 0.158 e. The number of nitrogens with zero attached hydrogens (tertiary/aromatic N) is 1. The molecule has 0 heterocycles. The highest BCUT2D eigenvalue weighted by atomic mass is 79.9. The topological polar surface area (TPSA) is 70.6 Å². The van der Waals surface area contributed by atoms with Crippen molar-refractivity contribution in [3.63, 3.8) is 0 Å². The molecule has 0 bridgehead atoms. The minimum absolute atomic E-state index is 0.160. The lowest BCUT2D eigenvalue weighted by Gasteiger charge is -2.08. The van der Waals surface area contributed by atoms with E-state index in [1.54, 1.807) is 0 Å². The number of benzene rings is 1. The van der Waals surface area contributed by atoms with E-state index in [4.69, 9.17) is 10.9 Å². The lowest BCUT2D eigenvalue weighted by molar-refractivity contribution is 0.317. The Morgan fingerprint density at radius 3 is 2.93 bits per heavy atom. The third-order valence-electron chi connectivity index (χ3n) is 1.78. The first kappa shape index (κ1) is 10.8. The van der Waals surface area contributed by atoms with Crippen LogP contribution in [-0.2, 0) is 0 Å². The second-order valence-electron chi connectivity index (χ2n) is 2.90. The van der Waals surface area contributed by atoms with Crippen LogP contribution in [0.25, 0.3) is 0 Å². The maximum Gasteiger partial charge on any atom is 0.158 e. The summed E-state index contributed by atoms with van der Waals surface area (Å²) in [6.45, 7) is 2.32. The average Bonchev–Trinajstić information content (AvgIpc) is 2.16. The highest BCUT2D eigenvalue weighted by molar-refractivity contribution is 9.10. The summed E-state index contributed by atoms with van der Waals surface area (Å²) < 4.78 is 1.03. The Labute approximate surface area is 90.9 Å². The van der Waals surface area contributed by atoms with Gasteiger partial charge in [-0.05, 0) is 30.7 Å². The van der Waals surface area contributed by atoms with E-state index in [0.29, 0.717) is 6.54 Å². The predicted octanol–water partition coefficient (Wildman–Crippen LogP) is 1.92. The largest absolute Gasteiger partial charge is 0.409 e. The van der Waals surface area contributed by atoms with Crippen molar-refractivity contribution in [3.05, 3.63) is 28.2 Å². The number of oxime groups is 1. The third-order valence-corrected chi connectivity index (χ3v) is 2.27. The molecular formula is C9H12BrN3O. The molecule has 0 aromatic heterocycles. The summed E-state index contributed by atoms with van der Waals surface area (Å²) in [4.78, 5) is 0. The summed E-state index contributed by atoms with van der Waals surface area (Å²) in [5.74, 6) is 0.160. The Kier molecular flexibility index (Phi) is 3.76. The van der Waals surface area contributed by atoms with Gasteiger partial charge < -0.3 is 16.3 Å². The van der Waals surface area contributed by atoms with Crippen LogP contribution in [0.1, 0.15) is 5.56 Å². The molecule has 4 nitrogen and oxygen atoms in total. The van der Waals surface area contributed by atoms with Gasteiger partial charge in [0.2, 0.25) is 0 Å². The summed E-state index contributed by atoms with van der Waals surface area (Å²) in [6, 6.07) is 5.86. The second-order valence-corrected chi connectivity index (χ2v) is 3.82. The Balaban J connectivity index is 2.68. The Hall–Kier alpha value is -1.23. The van der Waals surface area contributed by atoms with Gasteiger partial charge in [-0.15, -0.1) is 0 Å². The van der Waals surface area contributed by atoms with Gasteiger partial charge in [-0.25, -0.2) is 0 Å². The number of nitrogens with two attached hydrogens (primary N) is 1. The molecule has 5 heteroatoms. The van der Waals surface area contributed by atoms with E-state index in [-0.39, 0.29) is 5.84 Å². The maximum absolute atomic E-state index is 8.34. The van der Waals surface area contributed by atoms with Crippen LogP contribution in [0.15, 0.2) is 27.8 Å².